The number of carbonyl (C=O) groups is 2. The van der Waals surface area contributed by atoms with E-state index in [4.69, 9.17) is 11.5 Å². The molecule has 2 aromatic carbocycles. The molecule has 0 heterocycles. The van der Waals surface area contributed by atoms with Gasteiger partial charge >= 0.3 is 0 Å². The molecule has 0 radical (unpaired) electrons. The Balaban J connectivity index is 2.02. The van der Waals surface area contributed by atoms with Gasteiger partial charge in [-0.15, -0.1) is 0 Å². The van der Waals surface area contributed by atoms with Crippen LogP contribution in [-0.2, 0) is 29.6 Å². The lowest BCUT2D eigenvalue weighted by atomic mass is 10.3. The monoisotopic (exact) mass is 412 g/mol. The van der Waals surface area contributed by atoms with E-state index in [0.717, 1.165) is 0 Å². The third kappa shape index (κ3) is 5.43. The average Bonchev–Trinajstić information content (AvgIpc) is 2.54. The van der Waals surface area contributed by atoms with Crippen molar-refractivity contribution in [1.29, 1.82) is 0 Å². The van der Waals surface area contributed by atoms with Crippen molar-refractivity contribution in [2.24, 2.45) is 0 Å². The highest BCUT2D eigenvalue weighted by Gasteiger charge is 2.23. The third-order valence-electron chi connectivity index (χ3n) is 3.20. The molecule has 0 bridgehead atoms. The van der Waals surface area contributed by atoms with Crippen LogP contribution in [-0.4, -0.2) is 28.6 Å². The van der Waals surface area contributed by atoms with Gasteiger partial charge in [0.15, 0.2) is 0 Å². The second-order valence-electron chi connectivity index (χ2n) is 5.37. The summed E-state index contributed by atoms with van der Waals surface area (Å²) in [5.74, 6) is -2.39. The molecule has 0 atom stereocenters. The molecule has 0 aliphatic rings. The van der Waals surface area contributed by atoms with Crippen molar-refractivity contribution in [3.8, 4) is 0 Å². The molecule has 144 valence electrons. The first-order chi connectivity index (χ1) is 12.5. The van der Waals surface area contributed by atoms with Gasteiger partial charge in [0.25, 0.3) is 20.0 Å². The lowest BCUT2D eigenvalue weighted by Crippen LogP contribution is -2.37. The number of hydrogen-bond acceptors (Lipinski definition) is 8. The number of carbonyl (C=O) groups excluding carboxylic acids is 2. The Morgan fingerprint density at radius 1 is 0.667 bits per heavy atom. The summed E-state index contributed by atoms with van der Waals surface area (Å²) in [6, 6.07) is 10.0. The van der Waals surface area contributed by atoms with E-state index in [0.29, 0.717) is 11.4 Å². The molecule has 0 unspecified atom stereocenters. The Labute approximate surface area is 155 Å². The molecule has 0 aromatic heterocycles. The maximum Gasteiger partial charge on any atom is 0.264 e. The van der Waals surface area contributed by atoms with E-state index in [-0.39, 0.29) is 9.79 Å². The second kappa shape index (κ2) is 7.63. The molecular formula is C15H16N4O6S2. The molecule has 0 aliphatic carbocycles. The van der Waals surface area contributed by atoms with Crippen LogP contribution in [0, 0.1) is 0 Å². The number of benzene rings is 2. The Morgan fingerprint density at radius 3 is 1.26 bits per heavy atom. The van der Waals surface area contributed by atoms with E-state index in [2.05, 4.69) is 0 Å². The Bertz CT molecular complexity index is 975. The van der Waals surface area contributed by atoms with Gasteiger partial charge in [0.05, 0.1) is 9.79 Å². The maximum atomic E-state index is 12.0. The van der Waals surface area contributed by atoms with Crippen molar-refractivity contribution in [2.75, 3.05) is 11.5 Å². The quantitative estimate of drug-likeness (QED) is 0.364. The first-order valence-electron chi connectivity index (χ1n) is 7.32. The normalized spacial score (nSPS) is 11.6. The zero-order valence-corrected chi connectivity index (χ0v) is 15.4. The minimum Gasteiger partial charge on any atom is -0.399 e. The van der Waals surface area contributed by atoms with Gasteiger partial charge in [0.1, 0.15) is 6.42 Å². The van der Waals surface area contributed by atoms with E-state index >= 15 is 0 Å². The van der Waals surface area contributed by atoms with Gasteiger partial charge in [-0.3, -0.25) is 9.59 Å². The smallest absolute Gasteiger partial charge is 0.264 e. The molecule has 12 heteroatoms. The molecule has 10 nitrogen and oxygen atoms in total. The van der Waals surface area contributed by atoms with Crippen molar-refractivity contribution >= 4 is 43.2 Å². The molecule has 0 saturated heterocycles. The van der Waals surface area contributed by atoms with Crippen molar-refractivity contribution in [3.63, 3.8) is 0 Å². The molecule has 0 fully saturated rings. The Hall–Kier alpha value is -3.12. The highest BCUT2D eigenvalue weighted by Crippen LogP contribution is 2.13. The molecule has 0 aliphatic heterocycles. The number of sulfonamides is 2. The third-order valence-corrected chi connectivity index (χ3v) is 5.98. The van der Waals surface area contributed by atoms with Crippen molar-refractivity contribution < 1.29 is 26.4 Å². The van der Waals surface area contributed by atoms with Crippen LogP contribution >= 0.6 is 0 Å². The average molecular weight is 412 g/mol. The Morgan fingerprint density at radius 2 is 0.963 bits per heavy atom. The predicted octanol–water partition coefficient (Wildman–Crippen LogP) is -0.449. The summed E-state index contributed by atoms with van der Waals surface area (Å²) in [6.07, 6.45) is -1.01. The molecular weight excluding hydrogens is 396 g/mol. The van der Waals surface area contributed by atoms with Crippen LogP contribution in [0.3, 0.4) is 0 Å². The highest BCUT2D eigenvalue weighted by molar-refractivity contribution is 7.90. The van der Waals surface area contributed by atoms with E-state index in [1.807, 2.05) is 0 Å². The minimum atomic E-state index is -4.22. The zero-order chi connectivity index (χ0) is 20.2. The molecule has 2 aromatic rings. The van der Waals surface area contributed by atoms with Crippen molar-refractivity contribution in [2.45, 2.75) is 16.2 Å². The van der Waals surface area contributed by atoms with Gasteiger partial charge < -0.3 is 11.5 Å². The number of hydrogen-bond donors (Lipinski definition) is 4. The van der Waals surface area contributed by atoms with Crippen LogP contribution in [0.4, 0.5) is 11.4 Å². The standard InChI is InChI=1S/C15H16N4O6S2/c16-10-1-5-12(6-2-10)26(22,23)18-14(20)9-15(21)19-27(24,25)13-7-3-11(17)4-8-13/h1-8H,9,16-17H2,(H,18,20)(H,19,21). The molecule has 6 N–H and O–H groups in total. The summed E-state index contributed by atoms with van der Waals surface area (Å²) in [5, 5.41) is 0. The molecule has 0 saturated carbocycles. The van der Waals surface area contributed by atoms with Gasteiger partial charge in [-0.25, -0.2) is 26.3 Å². The molecule has 27 heavy (non-hydrogen) atoms. The minimum absolute atomic E-state index is 0.236. The van der Waals surface area contributed by atoms with Gasteiger partial charge in [0.2, 0.25) is 11.8 Å². The Kier molecular flexibility index (Phi) is 5.71. The van der Waals surface area contributed by atoms with Gasteiger partial charge in [-0.1, -0.05) is 0 Å². The SMILES string of the molecule is Nc1ccc(S(=O)(=O)NC(=O)CC(=O)NS(=O)(=O)c2ccc(N)cc2)cc1. The number of rotatable bonds is 6. The number of amides is 2. The van der Waals surface area contributed by atoms with Crippen molar-refractivity contribution in [3.05, 3.63) is 48.5 Å². The fraction of sp³-hybridized carbons (Fsp3) is 0.0667. The summed E-state index contributed by atoms with van der Waals surface area (Å²) >= 11 is 0. The van der Waals surface area contributed by atoms with Gasteiger partial charge in [0, 0.05) is 11.4 Å². The number of nitrogen functional groups attached to an aromatic ring is 2. The van der Waals surface area contributed by atoms with Crippen LogP contribution in [0.15, 0.2) is 58.3 Å². The van der Waals surface area contributed by atoms with Gasteiger partial charge in [-0.05, 0) is 48.5 Å². The fourth-order valence-corrected chi connectivity index (χ4v) is 3.90. The van der Waals surface area contributed by atoms with E-state index < -0.39 is 38.3 Å². The lowest BCUT2D eigenvalue weighted by molar-refractivity contribution is -0.127. The summed E-state index contributed by atoms with van der Waals surface area (Å²) in [6.45, 7) is 0. The predicted molar refractivity (Wildman–Crippen MR) is 97.0 cm³/mol. The maximum absolute atomic E-state index is 12.0. The largest absolute Gasteiger partial charge is 0.399 e. The molecule has 2 amide bonds. The number of nitrogens with one attached hydrogen (secondary N) is 2. The first kappa shape index (κ1) is 20.2. The van der Waals surface area contributed by atoms with Crippen molar-refractivity contribution in [1.82, 2.24) is 9.44 Å². The zero-order valence-electron chi connectivity index (χ0n) is 13.7. The van der Waals surface area contributed by atoms with Gasteiger partial charge in [-0.2, -0.15) is 0 Å². The second-order valence-corrected chi connectivity index (χ2v) is 8.74. The topological polar surface area (TPSA) is 179 Å². The van der Waals surface area contributed by atoms with E-state index in [9.17, 15) is 26.4 Å². The summed E-state index contributed by atoms with van der Waals surface area (Å²) in [5.41, 5.74) is 11.6. The summed E-state index contributed by atoms with van der Waals surface area (Å²) in [7, 11) is -8.44. The highest BCUT2D eigenvalue weighted by atomic mass is 32.2. The van der Waals surface area contributed by atoms with Crippen LogP contribution in [0.1, 0.15) is 6.42 Å². The van der Waals surface area contributed by atoms with Crippen LogP contribution in [0.5, 0.6) is 0 Å². The molecule has 2 rings (SSSR count). The number of nitrogens with two attached hydrogens (primary N) is 2. The lowest BCUT2D eigenvalue weighted by Gasteiger charge is -2.09. The number of anilines is 2. The van der Waals surface area contributed by atoms with E-state index in [1.54, 1.807) is 9.44 Å². The summed E-state index contributed by atoms with van der Waals surface area (Å²) < 4.78 is 51.5. The van der Waals surface area contributed by atoms with Crippen LogP contribution in [0.2, 0.25) is 0 Å². The van der Waals surface area contributed by atoms with Crippen LogP contribution < -0.4 is 20.9 Å². The van der Waals surface area contributed by atoms with Crippen LogP contribution in [0.25, 0.3) is 0 Å². The summed E-state index contributed by atoms with van der Waals surface area (Å²) in [4.78, 5) is 23.1. The first-order valence-corrected chi connectivity index (χ1v) is 10.3. The molecule has 0 spiro atoms. The fourth-order valence-electron chi connectivity index (χ4n) is 1.93. The van der Waals surface area contributed by atoms with E-state index in [1.165, 1.54) is 48.5 Å².